The number of amides is 1. The number of nitrogens with zero attached hydrogens (tertiary/aromatic N) is 1. The standard InChI is InChI=1S/C22H27N3O2/c1-14(2)22-24-19-10-8-16(12-20(19)25-22)9-11-21(26)23-15(3)17-6-5-7-18(13-17)27-4/h5-8,10,12-15H,9,11H2,1-4H3,(H,23,26)(H,24,25)/t15-/m0/s1. The van der Waals surface area contributed by atoms with Crippen LogP contribution < -0.4 is 10.1 Å². The molecular formula is C22H27N3O2. The number of nitrogens with one attached hydrogen (secondary N) is 2. The molecule has 0 saturated heterocycles. The molecule has 5 heteroatoms. The van der Waals surface area contributed by atoms with Gasteiger partial charge in [-0.15, -0.1) is 0 Å². The number of carbonyl (C=O) groups excluding carboxylic acids is 1. The van der Waals surface area contributed by atoms with Gasteiger partial charge in [0.25, 0.3) is 0 Å². The third kappa shape index (κ3) is 4.67. The fraction of sp³-hybridized carbons (Fsp3) is 0.364. The number of imidazole rings is 1. The third-order valence-corrected chi connectivity index (χ3v) is 4.72. The predicted molar refractivity (Wildman–Crippen MR) is 108 cm³/mol. The molecule has 2 N–H and O–H groups in total. The number of carbonyl (C=O) groups is 1. The van der Waals surface area contributed by atoms with Crippen molar-refractivity contribution in [3.05, 3.63) is 59.4 Å². The summed E-state index contributed by atoms with van der Waals surface area (Å²) in [5.41, 5.74) is 4.16. The number of hydrogen-bond acceptors (Lipinski definition) is 3. The lowest BCUT2D eigenvalue weighted by Crippen LogP contribution is -2.26. The molecule has 0 aliphatic rings. The van der Waals surface area contributed by atoms with Crippen molar-refractivity contribution in [2.45, 2.75) is 45.6 Å². The molecule has 0 aliphatic carbocycles. The molecule has 3 aromatic rings. The van der Waals surface area contributed by atoms with Crippen molar-refractivity contribution in [3.8, 4) is 5.75 Å². The summed E-state index contributed by atoms with van der Waals surface area (Å²) in [7, 11) is 1.64. The fourth-order valence-electron chi connectivity index (χ4n) is 3.07. The van der Waals surface area contributed by atoms with Crippen molar-refractivity contribution < 1.29 is 9.53 Å². The van der Waals surface area contributed by atoms with Crippen LogP contribution in [0.2, 0.25) is 0 Å². The molecule has 3 rings (SSSR count). The van der Waals surface area contributed by atoms with Crippen LogP contribution in [0.4, 0.5) is 0 Å². The van der Waals surface area contributed by atoms with Gasteiger partial charge in [0.2, 0.25) is 5.91 Å². The van der Waals surface area contributed by atoms with Crippen molar-refractivity contribution in [2.75, 3.05) is 7.11 Å². The number of ether oxygens (including phenoxy) is 1. The van der Waals surface area contributed by atoms with Crippen molar-refractivity contribution >= 4 is 16.9 Å². The first-order valence-electron chi connectivity index (χ1n) is 9.38. The Hall–Kier alpha value is -2.82. The second-order valence-electron chi connectivity index (χ2n) is 7.19. The molecule has 1 aromatic heterocycles. The average molecular weight is 365 g/mol. The second kappa shape index (κ2) is 8.25. The largest absolute Gasteiger partial charge is 0.497 e. The average Bonchev–Trinajstić information content (AvgIpc) is 3.10. The Labute approximate surface area is 160 Å². The Kier molecular flexibility index (Phi) is 5.79. The number of benzene rings is 2. The van der Waals surface area contributed by atoms with Crippen LogP contribution in [0.5, 0.6) is 5.75 Å². The van der Waals surface area contributed by atoms with E-state index in [9.17, 15) is 4.79 Å². The highest BCUT2D eigenvalue weighted by Crippen LogP contribution is 2.20. The maximum atomic E-state index is 12.3. The summed E-state index contributed by atoms with van der Waals surface area (Å²) in [5.74, 6) is 2.19. The Morgan fingerprint density at radius 1 is 1.19 bits per heavy atom. The van der Waals surface area contributed by atoms with Gasteiger partial charge in [0.05, 0.1) is 24.2 Å². The Morgan fingerprint density at radius 2 is 2.00 bits per heavy atom. The number of aromatic nitrogens is 2. The van der Waals surface area contributed by atoms with Crippen LogP contribution in [0.15, 0.2) is 42.5 Å². The van der Waals surface area contributed by atoms with Gasteiger partial charge in [0, 0.05) is 12.3 Å². The van der Waals surface area contributed by atoms with Crippen LogP contribution in [0.25, 0.3) is 11.0 Å². The van der Waals surface area contributed by atoms with Crippen LogP contribution >= 0.6 is 0 Å². The van der Waals surface area contributed by atoms with E-state index < -0.39 is 0 Å². The number of methoxy groups -OCH3 is 1. The van der Waals surface area contributed by atoms with Gasteiger partial charge in [-0.05, 0) is 48.7 Å². The Balaban J connectivity index is 1.59. The molecule has 0 unspecified atom stereocenters. The quantitative estimate of drug-likeness (QED) is 0.647. The summed E-state index contributed by atoms with van der Waals surface area (Å²) in [6.45, 7) is 6.22. The molecule has 0 aliphatic heterocycles. The molecule has 1 amide bonds. The Bertz CT molecular complexity index is 930. The number of aryl methyl sites for hydroxylation is 1. The minimum Gasteiger partial charge on any atom is -0.497 e. The zero-order valence-corrected chi connectivity index (χ0v) is 16.4. The van der Waals surface area contributed by atoms with Crippen LogP contribution in [0.3, 0.4) is 0 Å². The van der Waals surface area contributed by atoms with E-state index in [1.54, 1.807) is 7.11 Å². The monoisotopic (exact) mass is 365 g/mol. The summed E-state index contributed by atoms with van der Waals surface area (Å²) in [6.07, 6.45) is 1.15. The number of rotatable bonds is 7. The van der Waals surface area contributed by atoms with Gasteiger partial charge in [-0.25, -0.2) is 4.98 Å². The topological polar surface area (TPSA) is 67.0 Å². The molecule has 2 aromatic carbocycles. The number of aromatic amines is 1. The molecule has 5 nitrogen and oxygen atoms in total. The van der Waals surface area contributed by atoms with Gasteiger partial charge in [-0.2, -0.15) is 0 Å². The zero-order chi connectivity index (χ0) is 19.4. The van der Waals surface area contributed by atoms with Gasteiger partial charge >= 0.3 is 0 Å². The number of H-pyrrole nitrogens is 1. The number of hydrogen-bond donors (Lipinski definition) is 2. The highest BCUT2D eigenvalue weighted by molar-refractivity contribution is 5.78. The minimum atomic E-state index is -0.0590. The molecule has 27 heavy (non-hydrogen) atoms. The van der Waals surface area contributed by atoms with Crippen LogP contribution in [0.1, 0.15) is 56.1 Å². The van der Waals surface area contributed by atoms with Crippen molar-refractivity contribution in [1.29, 1.82) is 0 Å². The van der Waals surface area contributed by atoms with Crippen molar-refractivity contribution in [3.63, 3.8) is 0 Å². The first kappa shape index (κ1) is 19.0. The molecule has 1 atom stereocenters. The normalized spacial score (nSPS) is 12.3. The Morgan fingerprint density at radius 3 is 2.74 bits per heavy atom. The van der Waals surface area contributed by atoms with Gasteiger partial charge in [0.15, 0.2) is 0 Å². The summed E-state index contributed by atoms with van der Waals surface area (Å²) >= 11 is 0. The first-order chi connectivity index (χ1) is 13.0. The number of fused-ring (bicyclic) bond motifs is 1. The summed E-state index contributed by atoms with van der Waals surface area (Å²) in [6, 6.07) is 13.9. The molecule has 0 bridgehead atoms. The summed E-state index contributed by atoms with van der Waals surface area (Å²) < 4.78 is 5.25. The second-order valence-corrected chi connectivity index (χ2v) is 7.19. The predicted octanol–water partition coefficient (Wildman–Crippen LogP) is 4.50. The molecule has 0 spiro atoms. The van der Waals surface area contributed by atoms with E-state index in [2.05, 4.69) is 35.2 Å². The van der Waals surface area contributed by atoms with Crippen molar-refractivity contribution in [1.82, 2.24) is 15.3 Å². The molecule has 0 fully saturated rings. The first-order valence-corrected chi connectivity index (χ1v) is 9.38. The molecule has 1 heterocycles. The highest BCUT2D eigenvalue weighted by Gasteiger charge is 2.11. The van der Waals surface area contributed by atoms with Crippen molar-refractivity contribution in [2.24, 2.45) is 0 Å². The smallest absolute Gasteiger partial charge is 0.220 e. The lowest BCUT2D eigenvalue weighted by molar-refractivity contribution is -0.121. The van der Waals surface area contributed by atoms with E-state index in [1.165, 1.54) is 0 Å². The van der Waals surface area contributed by atoms with Gasteiger partial charge < -0.3 is 15.0 Å². The maximum Gasteiger partial charge on any atom is 0.220 e. The highest BCUT2D eigenvalue weighted by atomic mass is 16.5. The minimum absolute atomic E-state index is 0.0397. The van der Waals surface area contributed by atoms with E-state index in [0.717, 1.165) is 33.7 Å². The SMILES string of the molecule is COc1cccc([C@H](C)NC(=O)CCc2ccc3nc(C(C)C)[nH]c3c2)c1. The van der Waals surface area contributed by atoms with Gasteiger partial charge in [-0.1, -0.05) is 32.0 Å². The lowest BCUT2D eigenvalue weighted by atomic mass is 10.1. The lowest BCUT2D eigenvalue weighted by Gasteiger charge is -2.15. The molecule has 142 valence electrons. The zero-order valence-electron chi connectivity index (χ0n) is 16.4. The third-order valence-electron chi connectivity index (χ3n) is 4.72. The summed E-state index contributed by atoms with van der Waals surface area (Å²) in [5, 5.41) is 3.06. The summed E-state index contributed by atoms with van der Waals surface area (Å²) in [4.78, 5) is 20.3. The van der Waals surface area contributed by atoms with Crippen LogP contribution in [0, 0.1) is 0 Å². The maximum absolute atomic E-state index is 12.3. The fourth-order valence-corrected chi connectivity index (χ4v) is 3.07. The molecule has 0 saturated carbocycles. The van der Waals surface area contributed by atoms with E-state index >= 15 is 0 Å². The van der Waals surface area contributed by atoms with Gasteiger partial charge in [0.1, 0.15) is 11.6 Å². The van der Waals surface area contributed by atoms with E-state index in [4.69, 9.17) is 4.74 Å². The van der Waals surface area contributed by atoms with E-state index in [1.807, 2.05) is 43.3 Å². The van der Waals surface area contributed by atoms with Crippen LogP contribution in [-0.4, -0.2) is 23.0 Å². The van der Waals surface area contributed by atoms with E-state index in [-0.39, 0.29) is 11.9 Å². The molecular weight excluding hydrogens is 338 g/mol. The molecule has 0 radical (unpaired) electrons. The van der Waals surface area contributed by atoms with Crippen LogP contribution in [-0.2, 0) is 11.2 Å². The van der Waals surface area contributed by atoms with Gasteiger partial charge in [-0.3, -0.25) is 4.79 Å². The van der Waals surface area contributed by atoms with E-state index in [0.29, 0.717) is 18.8 Å².